The molecule has 3 fully saturated rings. The Bertz CT molecular complexity index is 1080. The fourth-order valence-electron chi connectivity index (χ4n) is 3.94. The average Bonchev–Trinajstić information content (AvgIpc) is 3.09. The molecule has 5 heterocycles. The second-order valence-corrected chi connectivity index (χ2v) is 8.77. The lowest BCUT2D eigenvalue weighted by molar-refractivity contribution is 0.0873. The zero-order valence-corrected chi connectivity index (χ0v) is 15.0. The van der Waals surface area contributed by atoms with Gasteiger partial charge in [-0.25, -0.2) is 8.42 Å². The van der Waals surface area contributed by atoms with Crippen molar-refractivity contribution in [3.8, 4) is 0 Å². The summed E-state index contributed by atoms with van der Waals surface area (Å²) in [4.78, 5) is 2.52. The normalized spacial score (nSPS) is 23.2. The zero-order chi connectivity index (χ0) is 17.9. The maximum atomic E-state index is 13.0. The number of piperazine rings is 1. The Labute approximate surface area is 151 Å². The van der Waals surface area contributed by atoms with E-state index in [4.69, 9.17) is 0 Å². The number of aryl methyl sites for hydroxylation is 1. The van der Waals surface area contributed by atoms with E-state index in [1.807, 2.05) is 25.1 Å². The number of nitrogens with zero attached hydrogens (tertiary/aromatic N) is 6. The summed E-state index contributed by atoms with van der Waals surface area (Å²) in [7, 11) is -3.45. The number of benzene rings is 1. The van der Waals surface area contributed by atoms with E-state index < -0.39 is 10.0 Å². The first-order valence-corrected chi connectivity index (χ1v) is 9.98. The summed E-state index contributed by atoms with van der Waals surface area (Å²) in [5.41, 5.74) is 1.64. The molecule has 0 N–H and O–H groups in total. The number of sulfonamides is 1. The van der Waals surface area contributed by atoms with Gasteiger partial charge in [-0.05, 0) is 43.2 Å². The highest BCUT2D eigenvalue weighted by atomic mass is 32.2. The van der Waals surface area contributed by atoms with Crippen LogP contribution in [0.3, 0.4) is 0 Å². The zero-order valence-electron chi connectivity index (χ0n) is 14.2. The first-order chi connectivity index (χ1) is 12.5. The first kappa shape index (κ1) is 15.7. The molecule has 2 atom stereocenters. The molecule has 3 aliphatic rings. The maximum absolute atomic E-state index is 13.0. The maximum Gasteiger partial charge on any atom is 0.243 e. The van der Waals surface area contributed by atoms with Crippen LogP contribution in [0.15, 0.2) is 47.6 Å². The summed E-state index contributed by atoms with van der Waals surface area (Å²) >= 11 is 0. The van der Waals surface area contributed by atoms with E-state index in [1.54, 1.807) is 33.3 Å². The smallest absolute Gasteiger partial charge is 0.243 e. The molecule has 3 aliphatic heterocycles. The van der Waals surface area contributed by atoms with E-state index in [-0.39, 0.29) is 12.1 Å². The number of fused-ring (bicyclic) bond motifs is 3. The van der Waals surface area contributed by atoms with Crippen molar-refractivity contribution in [2.75, 3.05) is 18.0 Å². The predicted octanol–water partition coefficient (Wildman–Crippen LogP) is 1.08. The second-order valence-electron chi connectivity index (χ2n) is 6.93. The molecule has 0 radical (unpaired) electrons. The summed E-state index contributed by atoms with van der Waals surface area (Å²) in [5.74, 6) is 0.819. The van der Waals surface area contributed by atoms with E-state index in [1.165, 1.54) is 0 Å². The van der Waals surface area contributed by atoms with Crippen molar-refractivity contribution >= 4 is 21.5 Å². The summed E-state index contributed by atoms with van der Waals surface area (Å²) in [6, 6.07) is 10.9. The Hall–Kier alpha value is -2.52. The third-order valence-corrected chi connectivity index (χ3v) is 7.16. The molecule has 134 valence electrons. The van der Waals surface area contributed by atoms with Gasteiger partial charge in [-0.2, -0.15) is 8.82 Å². The van der Waals surface area contributed by atoms with E-state index in [2.05, 4.69) is 20.2 Å². The molecule has 3 aromatic rings. The molecule has 6 rings (SSSR count). The highest BCUT2D eigenvalue weighted by Gasteiger charge is 2.51. The van der Waals surface area contributed by atoms with Crippen LogP contribution in [-0.4, -0.2) is 57.7 Å². The van der Waals surface area contributed by atoms with Gasteiger partial charge in [-0.3, -0.25) is 0 Å². The molecule has 1 aromatic carbocycles. The Kier molecular flexibility index (Phi) is 3.32. The van der Waals surface area contributed by atoms with Crippen LogP contribution in [0, 0.1) is 6.92 Å². The molecule has 0 spiro atoms. The van der Waals surface area contributed by atoms with Crippen LogP contribution in [0.1, 0.15) is 12.0 Å². The molecule has 2 bridgehead atoms. The van der Waals surface area contributed by atoms with Crippen LogP contribution < -0.4 is 4.90 Å². The van der Waals surface area contributed by atoms with Gasteiger partial charge < -0.3 is 4.90 Å². The molecule has 0 aliphatic carbocycles. The highest BCUT2D eigenvalue weighted by Crippen LogP contribution is 2.38. The van der Waals surface area contributed by atoms with Gasteiger partial charge in [0.15, 0.2) is 5.65 Å². The molecular weight excluding hydrogens is 352 g/mol. The quantitative estimate of drug-likeness (QED) is 0.686. The minimum atomic E-state index is -3.45. The van der Waals surface area contributed by atoms with Crippen molar-refractivity contribution in [3.63, 3.8) is 0 Å². The van der Waals surface area contributed by atoms with Crippen LogP contribution in [0.25, 0.3) is 5.65 Å². The lowest BCUT2D eigenvalue weighted by atomic mass is 9.91. The molecule has 3 saturated heterocycles. The molecule has 2 aromatic heterocycles. The van der Waals surface area contributed by atoms with Gasteiger partial charge in [-0.15, -0.1) is 15.3 Å². The monoisotopic (exact) mass is 370 g/mol. The molecule has 8 nitrogen and oxygen atoms in total. The topological polar surface area (TPSA) is 83.7 Å². The molecule has 0 saturated carbocycles. The first-order valence-electron chi connectivity index (χ1n) is 8.54. The minimum Gasteiger partial charge on any atom is -0.352 e. The molecule has 0 amide bonds. The molecular formula is C17H18N6O2S. The van der Waals surface area contributed by atoms with Crippen LogP contribution in [0.2, 0.25) is 0 Å². The van der Waals surface area contributed by atoms with Crippen molar-refractivity contribution in [2.45, 2.75) is 30.3 Å². The van der Waals surface area contributed by atoms with Crippen molar-refractivity contribution < 1.29 is 8.42 Å². The minimum absolute atomic E-state index is 0.0160. The van der Waals surface area contributed by atoms with Crippen LogP contribution in [0.5, 0.6) is 0 Å². The van der Waals surface area contributed by atoms with E-state index in [9.17, 15) is 8.42 Å². The van der Waals surface area contributed by atoms with Gasteiger partial charge in [0.05, 0.1) is 4.90 Å². The number of hydrogen-bond donors (Lipinski definition) is 0. The summed E-state index contributed by atoms with van der Waals surface area (Å²) in [5, 5.41) is 12.3. The van der Waals surface area contributed by atoms with Gasteiger partial charge in [0.1, 0.15) is 12.1 Å². The fraction of sp³-hybridized carbons (Fsp3) is 0.353. The molecule has 26 heavy (non-hydrogen) atoms. The lowest BCUT2D eigenvalue weighted by Gasteiger charge is -2.55. The average molecular weight is 370 g/mol. The van der Waals surface area contributed by atoms with Gasteiger partial charge in [-0.1, -0.05) is 12.1 Å². The largest absolute Gasteiger partial charge is 0.352 e. The second kappa shape index (κ2) is 5.49. The van der Waals surface area contributed by atoms with Gasteiger partial charge in [0.25, 0.3) is 0 Å². The van der Waals surface area contributed by atoms with E-state index in [0.717, 1.165) is 17.8 Å². The number of rotatable bonds is 3. The Balaban J connectivity index is 1.40. The molecule has 9 heteroatoms. The predicted molar refractivity (Wildman–Crippen MR) is 95.4 cm³/mol. The van der Waals surface area contributed by atoms with Crippen LogP contribution in [0.4, 0.5) is 5.82 Å². The number of piperidine rings is 1. The van der Waals surface area contributed by atoms with Crippen LogP contribution >= 0.6 is 0 Å². The Morgan fingerprint density at radius 3 is 2.69 bits per heavy atom. The summed E-state index contributed by atoms with van der Waals surface area (Å²) in [6.07, 6.45) is 2.47. The molecule has 2 unspecified atom stereocenters. The number of anilines is 1. The third-order valence-electron chi connectivity index (χ3n) is 5.16. The van der Waals surface area contributed by atoms with Crippen molar-refractivity contribution in [2.24, 2.45) is 0 Å². The van der Waals surface area contributed by atoms with Crippen molar-refractivity contribution in [1.29, 1.82) is 0 Å². The SMILES string of the molecule is Cc1cccc(S(=O)(=O)N2C3CC2CN(c2ccc4nncn4n2)C3)c1. The Morgan fingerprint density at radius 2 is 1.92 bits per heavy atom. The number of hydrogen-bond acceptors (Lipinski definition) is 6. The lowest BCUT2D eigenvalue weighted by Crippen LogP contribution is -2.70. The van der Waals surface area contributed by atoms with Gasteiger partial charge >= 0.3 is 0 Å². The fourth-order valence-corrected chi connectivity index (χ4v) is 5.86. The third kappa shape index (κ3) is 2.31. The highest BCUT2D eigenvalue weighted by molar-refractivity contribution is 7.89. The van der Waals surface area contributed by atoms with Crippen molar-refractivity contribution in [1.82, 2.24) is 24.1 Å². The van der Waals surface area contributed by atoms with E-state index in [0.29, 0.717) is 23.6 Å². The number of aromatic nitrogens is 4. The summed E-state index contributed by atoms with van der Waals surface area (Å²) < 4.78 is 29.4. The summed E-state index contributed by atoms with van der Waals surface area (Å²) in [6.45, 7) is 3.19. The Morgan fingerprint density at radius 1 is 1.12 bits per heavy atom. The standard InChI is InChI=1S/C17H18N6O2S/c1-12-3-2-4-15(7-12)26(24,25)23-13-8-14(23)10-21(9-13)17-6-5-16-19-18-11-22(16)20-17/h2-7,11,13-14H,8-10H2,1H3. The van der Waals surface area contributed by atoms with E-state index >= 15 is 0 Å². The van der Waals surface area contributed by atoms with Crippen molar-refractivity contribution in [3.05, 3.63) is 48.3 Å². The van der Waals surface area contributed by atoms with Gasteiger partial charge in [0, 0.05) is 25.2 Å². The van der Waals surface area contributed by atoms with Gasteiger partial charge in [0.2, 0.25) is 10.0 Å². The van der Waals surface area contributed by atoms with Crippen LogP contribution in [-0.2, 0) is 10.0 Å².